The number of aliphatic imine (C=N–C) groups is 1. The zero-order chi connectivity index (χ0) is 17.8. The van der Waals surface area contributed by atoms with E-state index in [1.807, 2.05) is 12.1 Å². The maximum Gasteiger partial charge on any atom is 0.191 e. The summed E-state index contributed by atoms with van der Waals surface area (Å²) >= 11 is 0. The lowest BCUT2D eigenvalue weighted by Gasteiger charge is -2.25. The van der Waals surface area contributed by atoms with Crippen LogP contribution in [0.25, 0.3) is 0 Å². The Morgan fingerprint density at radius 3 is 2.28 bits per heavy atom. The summed E-state index contributed by atoms with van der Waals surface area (Å²) < 4.78 is 5.19. The first-order valence-corrected chi connectivity index (χ1v) is 9.03. The number of rotatable bonds is 10. The summed E-state index contributed by atoms with van der Waals surface area (Å²) in [6.45, 7) is 13.4. The molecule has 1 aromatic rings. The maximum absolute atomic E-state index is 5.19. The molecule has 1 aromatic carbocycles. The molecule has 2 N–H and O–H groups in total. The number of halogens is 1. The van der Waals surface area contributed by atoms with Crippen molar-refractivity contribution in [1.82, 2.24) is 15.5 Å². The molecule has 1 rings (SSSR count). The summed E-state index contributed by atoms with van der Waals surface area (Å²) in [6.07, 6.45) is 0.958. The number of likely N-dealkylation sites (N-methyl/N-ethyl adjacent to an activating group) is 1. The molecule has 5 nitrogen and oxygen atoms in total. The van der Waals surface area contributed by atoms with Gasteiger partial charge in [0.25, 0.3) is 0 Å². The van der Waals surface area contributed by atoms with Crippen molar-refractivity contribution in [3.63, 3.8) is 0 Å². The van der Waals surface area contributed by atoms with Crippen LogP contribution in [0.4, 0.5) is 0 Å². The number of methoxy groups -OCH3 is 1. The normalized spacial score (nSPS) is 12.5. The molecular formula is C19H35IN4O. The molecule has 6 heteroatoms. The third kappa shape index (κ3) is 9.30. The summed E-state index contributed by atoms with van der Waals surface area (Å²) in [5.74, 6) is 1.79. The lowest BCUT2D eigenvalue weighted by Crippen LogP contribution is -2.40. The lowest BCUT2D eigenvalue weighted by molar-refractivity contribution is 0.237. The molecule has 0 aliphatic heterocycles. The van der Waals surface area contributed by atoms with Crippen LogP contribution in [-0.4, -0.2) is 56.7 Å². The third-order valence-corrected chi connectivity index (χ3v) is 4.16. The van der Waals surface area contributed by atoms with Gasteiger partial charge in [-0.2, -0.15) is 0 Å². The van der Waals surface area contributed by atoms with Crippen molar-refractivity contribution in [1.29, 1.82) is 0 Å². The molecule has 144 valence electrons. The zero-order valence-electron chi connectivity index (χ0n) is 16.3. The van der Waals surface area contributed by atoms with E-state index in [0.29, 0.717) is 6.04 Å². The quantitative estimate of drug-likeness (QED) is 0.319. The standard InChI is InChI=1S/C19H34N4O.HI/c1-6-20-19(22-15-16(4)23(7-2)8-3)21-14-13-17-9-11-18(24-5)12-10-17;/h9-12,16H,6-8,13-15H2,1-5H3,(H2,20,21,22);1H. The predicted octanol–water partition coefficient (Wildman–Crippen LogP) is 3.14. The van der Waals surface area contributed by atoms with E-state index in [2.05, 4.69) is 55.4 Å². The highest BCUT2D eigenvalue weighted by Gasteiger charge is 2.09. The Balaban J connectivity index is 0.00000576. The molecule has 0 spiro atoms. The smallest absolute Gasteiger partial charge is 0.191 e. The van der Waals surface area contributed by atoms with E-state index < -0.39 is 0 Å². The van der Waals surface area contributed by atoms with Gasteiger partial charge in [-0.3, -0.25) is 9.89 Å². The van der Waals surface area contributed by atoms with Crippen molar-refractivity contribution in [3.8, 4) is 5.75 Å². The Morgan fingerprint density at radius 1 is 1.12 bits per heavy atom. The third-order valence-electron chi connectivity index (χ3n) is 4.16. The molecule has 1 atom stereocenters. The molecular weight excluding hydrogens is 427 g/mol. The molecule has 1 unspecified atom stereocenters. The summed E-state index contributed by atoms with van der Waals surface area (Å²) in [7, 11) is 1.69. The van der Waals surface area contributed by atoms with E-state index in [0.717, 1.165) is 50.9 Å². The molecule has 0 aromatic heterocycles. The second-order valence-corrected chi connectivity index (χ2v) is 5.81. The Bertz CT molecular complexity index is 475. The van der Waals surface area contributed by atoms with Crippen molar-refractivity contribution >= 4 is 29.9 Å². The minimum Gasteiger partial charge on any atom is -0.497 e. The SMILES string of the molecule is CCNC(=NCC(C)N(CC)CC)NCCc1ccc(OC)cc1.I. The van der Waals surface area contributed by atoms with Gasteiger partial charge in [-0.25, -0.2) is 0 Å². The van der Waals surface area contributed by atoms with E-state index in [1.54, 1.807) is 7.11 Å². The van der Waals surface area contributed by atoms with Crippen LogP contribution in [0.3, 0.4) is 0 Å². The molecule has 0 bridgehead atoms. The number of guanidine groups is 1. The van der Waals surface area contributed by atoms with Crippen LogP contribution in [0.15, 0.2) is 29.3 Å². The topological polar surface area (TPSA) is 48.9 Å². The number of benzene rings is 1. The zero-order valence-corrected chi connectivity index (χ0v) is 18.7. The van der Waals surface area contributed by atoms with Crippen LogP contribution in [-0.2, 0) is 6.42 Å². The number of hydrogen-bond donors (Lipinski definition) is 2. The number of hydrogen-bond acceptors (Lipinski definition) is 3. The Kier molecular flexibility index (Phi) is 13.6. The van der Waals surface area contributed by atoms with Crippen LogP contribution >= 0.6 is 24.0 Å². The van der Waals surface area contributed by atoms with Gasteiger partial charge < -0.3 is 15.4 Å². The van der Waals surface area contributed by atoms with Gasteiger partial charge in [0.1, 0.15) is 5.75 Å². The van der Waals surface area contributed by atoms with Gasteiger partial charge in [-0.1, -0.05) is 26.0 Å². The Hall–Kier alpha value is -1.02. The fourth-order valence-corrected chi connectivity index (χ4v) is 2.65. The molecule has 0 aliphatic rings. The van der Waals surface area contributed by atoms with E-state index in [4.69, 9.17) is 9.73 Å². The van der Waals surface area contributed by atoms with Crippen LogP contribution in [0.2, 0.25) is 0 Å². The number of nitrogens with zero attached hydrogens (tertiary/aromatic N) is 2. The largest absolute Gasteiger partial charge is 0.497 e. The highest BCUT2D eigenvalue weighted by atomic mass is 127. The van der Waals surface area contributed by atoms with Gasteiger partial charge in [0.15, 0.2) is 5.96 Å². The summed E-state index contributed by atoms with van der Waals surface area (Å²) in [5.41, 5.74) is 1.29. The number of ether oxygens (including phenoxy) is 1. The molecule has 25 heavy (non-hydrogen) atoms. The molecule has 0 aliphatic carbocycles. The van der Waals surface area contributed by atoms with Gasteiger partial charge in [0.05, 0.1) is 13.7 Å². The Morgan fingerprint density at radius 2 is 1.76 bits per heavy atom. The highest BCUT2D eigenvalue weighted by Crippen LogP contribution is 2.11. The summed E-state index contributed by atoms with van der Waals surface area (Å²) in [6, 6.07) is 8.66. The monoisotopic (exact) mass is 462 g/mol. The van der Waals surface area contributed by atoms with Gasteiger partial charge >= 0.3 is 0 Å². The van der Waals surface area contributed by atoms with Crippen LogP contribution in [0.5, 0.6) is 5.75 Å². The molecule has 0 radical (unpaired) electrons. The highest BCUT2D eigenvalue weighted by molar-refractivity contribution is 14.0. The van der Waals surface area contributed by atoms with Crippen LogP contribution in [0.1, 0.15) is 33.3 Å². The molecule has 0 amide bonds. The maximum atomic E-state index is 5.19. The average Bonchev–Trinajstić information content (AvgIpc) is 2.61. The van der Waals surface area contributed by atoms with E-state index in [-0.39, 0.29) is 24.0 Å². The summed E-state index contributed by atoms with van der Waals surface area (Å²) in [4.78, 5) is 7.14. The summed E-state index contributed by atoms with van der Waals surface area (Å²) in [5, 5.41) is 6.74. The lowest BCUT2D eigenvalue weighted by atomic mass is 10.1. The average molecular weight is 462 g/mol. The first kappa shape index (κ1) is 24.0. The molecule has 0 saturated carbocycles. The number of nitrogens with one attached hydrogen (secondary N) is 2. The second-order valence-electron chi connectivity index (χ2n) is 5.81. The van der Waals surface area contributed by atoms with Gasteiger partial charge in [0.2, 0.25) is 0 Å². The van der Waals surface area contributed by atoms with Gasteiger partial charge in [0, 0.05) is 19.1 Å². The van der Waals surface area contributed by atoms with Gasteiger partial charge in [-0.15, -0.1) is 24.0 Å². The van der Waals surface area contributed by atoms with Crippen LogP contribution < -0.4 is 15.4 Å². The molecule has 0 heterocycles. The van der Waals surface area contributed by atoms with Crippen LogP contribution in [0, 0.1) is 0 Å². The van der Waals surface area contributed by atoms with E-state index in [1.165, 1.54) is 5.56 Å². The van der Waals surface area contributed by atoms with Crippen molar-refractivity contribution in [2.24, 2.45) is 4.99 Å². The van der Waals surface area contributed by atoms with E-state index >= 15 is 0 Å². The first-order chi connectivity index (χ1) is 11.6. The minimum absolute atomic E-state index is 0. The molecule has 0 fully saturated rings. The minimum atomic E-state index is 0. The van der Waals surface area contributed by atoms with Crippen molar-refractivity contribution < 1.29 is 4.74 Å². The van der Waals surface area contributed by atoms with Gasteiger partial charge in [-0.05, 0) is 51.1 Å². The fourth-order valence-electron chi connectivity index (χ4n) is 2.65. The van der Waals surface area contributed by atoms with Crippen molar-refractivity contribution in [2.75, 3.05) is 39.8 Å². The first-order valence-electron chi connectivity index (χ1n) is 9.03. The van der Waals surface area contributed by atoms with Crippen molar-refractivity contribution in [2.45, 2.75) is 40.2 Å². The van der Waals surface area contributed by atoms with Crippen molar-refractivity contribution in [3.05, 3.63) is 29.8 Å². The second kappa shape index (κ2) is 14.2. The fraction of sp³-hybridized carbons (Fsp3) is 0.632. The molecule has 0 saturated heterocycles. The predicted molar refractivity (Wildman–Crippen MR) is 118 cm³/mol. The van der Waals surface area contributed by atoms with E-state index in [9.17, 15) is 0 Å². The Labute approximate surface area is 170 Å².